The van der Waals surface area contributed by atoms with E-state index in [4.69, 9.17) is 14.0 Å². The number of rotatable bonds is 4. The topological polar surface area (TPSA) is 77.5 Å². The fourth-order valence-electron chi connectivity index (χ4n) is 1.71. The number of amides is 1. The average molecular weight is 294 g/mol. The van der Waals surface area contributed by atoms with Crippen LogP contribution >= 0.6 is 0 Å². The minimum absolute atomic E-state index is 0.395. The Morgan fingerprint density at radius 3 is 2.90 bits per heavy atom. The van der Waals surface area contributed by atoms with Gasteiger partial charge in [0.1, 0.15) is 12.7 Å². The Morgan fingerprint density at radius 1 is 1.48 bits per heavy atom. The number of nitrogens with zero attached hydrogens (tertiary/aromatic N) is 2. The van der Waals surface area contributed by atoms with Gasteiger partial charge in [-0.3, -0.25) is 4.84 Å². The van der Waals surface area contributed by atoms with Crippen LogP contribution in [0, 0.1) is 0 Å². The molecule has 0 saturated heterocycles. The number of nitrogens with one attached hydrogen (secondary N) is 1. The first kappa shape index (κ1) is 15.1. The molecule has 2 rings (SSSR count). The standard InChI is InChI=1S/C14H19N3O4/c1-14(2,3)21-13(18)15-7-5-12-16-10-9-17(19-4)8-6-11(10)20-12/h6,8-9H,5,7H2,1-4H3/p+1. The molecule has 2 heterocycles. The predicted octanol–water partition coefficient (Wildman–Crippen LogP) is 1.24. The van der Waals surface area contributed by atoms with E-state index < -0.39 is 11.7 Å². The van der Waals surface area contributed by atoms with Crippen molar-refractivity contribution in [3.05, 3.63) is 24.4 Å². The van der Waals surface area contributed by atoms with Gasteiger partial charge in [-0.2, -0.15) is 0 Å². The molecular formula is C14H20N3O4+. The van der Waals surface area contributed by atoms with Gasteiger partial charge in [0.05, 0.1) is 6.07 Å². The van der Waals surface area contributed by atoms with Gasteiger partial charge < -0.3 is 14.5 Å². The smallest absolute Gasteiger partial charge is 0.407 e. The lowest BCUT2D eigenvalue weighted by Gasteiger charge is -2.19. The van der Waals surface area contributed by atoms with E-state index in [1.165, 1.54) is 4.73 Å². The predicted molar refractivity (Wildman–Crippen MR) is 74.6 cm³/mol. The second-order valence-corrected chi connectivity index (χ2v) is 5.52. The summed E-state index contributed by atoms with van der Waals surface area (Å²) >= 11 is 0. The number of carbonyl (C=O) groups is 1. The van der Waals surface area contributed by atoms with E-state index in [9.17, 15) is 4.79 Å². The lowest BCUT2D eigenvalue weighted by atomic mass is 10.2. The van der Waals surface area contributed by atoms with Gasteiger partial charge in [-0.15, -0.1) is 0 Å². The quantitative estimate of drug-likeness (QED) is 0.858. The van der Waals surface area contributed by atoms with E-state index in [-0.39, 0.29) is 0 Å². The van der Waals surface area contributed by atoms with Gasteiger partial charge in [0.25, 0.3) is 6.20 Å². The van der Waals surface area contributed by atoms with Gasteiger partial charge in [-0.25, -0.2) is 9.78 Å². The van der Waals surface area contributed by atoms with Crippen LogP contribution < -0.4 is 14.9 Å². The Morgan fingerprint density at radius 2 is 2.24 bits per heavy atom. The average Bonchev–Trinajstić information content (AvgIpc) is 2.77. The minimum Gasteiger partial charge on any atom is -0.444 e. The highest BCUT2D eigenvalue weighted by Crippen LogP contribution is 2.13. The third-order valence-corrected chi connectivity index (χ3v) is 2.57. The summed E-state index contributed by atoms with van der Waals surface area (Å²) in [4.78, 5) is 20.9. The number of pyridine rings is 1. The monoisotopic (exact) mass is 294 g/mol. The molecule has 0 aliphatic rings. The summed E-state index contributed by atoms with van der Waals surface area (Å²) in [5, 5.41) is 2.66. The lowest BCUT2D eigenvalue weighted by Crippen LogP contribution is -2.39. The number of aromatic nitrogens is 2. The summed E-state index contributed by atoms with van der Waals surface area (Å²) in [5.41, 5.74) is 0.873. The molecule has 0 aliphatic heterocycles. The number of hydrogen-bond acceptors (Lipinski definition) is 5. The zero-order chi connectivity index (χ0) is 15.5. The fraction of sp³-hybridized carbons (Fsp3) is 0.500. The number of carbonyl (C=O) groups excluding carboxylic acids is 1. The molecule has 2 aromatic rings. The molecule has 0 radical (unpaired) electrons. The fourth-order valence-corrected chi connectivity index (χ4v) is 1.71. The molecule has 7 heteroatoms. The third kappa shape index (κ3) is 4.34. The molecule has 0 spiro atoms. The number of fused-ring (bicyclic) bond motifs is 1. The molecule has 0 saturated carbocycles. The number of hydrogen-bond donors (Lipinski definition) is 1. The van der Waals surface area contributed by atoms with E-state index in [0.717, 1.165) is 0 Å². The summed E-state index contributed by atoms with van der Waals surface area (Å²) in [7, 11) is 1.57. The summed E-state index contributed by atoms with van der Waals surface area (Å²) in [6, 6.07) is 1.77. The van der Waals surface area contributed by atoms with Crippen molar-refractivity contribution in [2.75, 3.05) is 13.7 Å². The largest absolute Gasteiger partial charge is 0.444 e. The Labute approximate surface area is 122 Å². The summed E-state index contributed by atoms with van der Waals surface area (Å²) < 4.78 is 12.3. The highest BCUT2D eigenvalue weighted by molar-refractivity contribution is 5.70. The highest BCUT2D eigenvalue weighted by atomic mass is 16.6. The molecule has 114 valence electrons. The maximum atomic E-state index is 11.5. The van der Waals surface area contributed by atoms with Gasteiger partial charge in [-0.05, 0) is 20.8 Å². The van der Waals surface area contributed by atoms with Crippen molar-refractivity contribution in [2.24, 2.45) is 0 Å². The SMILES string of the molecule is CO[n+]1ccc2oc(CCNC(=O)OC(C)(C)C)nc2c1. The van der Waals surface area contributed by atoms with Crippen LogP contribution in [0.5, 0.6) is 0 Å². The van der Waals surface area contributed by atoms with Crippen molar-refractivity contribution >= 4 is 17.2 Å². The summed E-state index contributed by atoms with van der Waals surface area (Å²) in [6.07, 6.45) is 3.50. The van der Waals surface area contributed by atoms with E-state index in [1.54, 1.807) is 25.6 Å². The highest BCUT2D eigenvalue weighted by Gasteiger charge is 2.16. The second-order valence-electron chi connectivity index (χ2n) is 5.52. The molecule has 1 N–H and O–H groups in total. The van der Waals surface area contributed by atoms with Crippen LogP contribution in [-0.4, -0.2) is 30.3 Å². The lowest BCUT2D eigenvalue weighted by molar-refractivity contribution is -0.884. The molecule has 2 aromatic heterocycles. The van der Waals surface area contributed by atoms with Crippen molar-refractivity contribution < 1.29 is 23.5 Å². The maximum Gasteiger partial charge on any atom is 0.407 e. The summed E-state index contributed by atoms with van der Waals surface area (Å²) in [5.74, 6) is 0.551. The van der Waals surface area contributed by atoms with Crippen molar-refractivity contribution in [2.45, 2.75) is 32.8 Å². The van der Waals surface area contributed by atoms with Gasteiger partial charge in [0.2, 0.25) is 6.20 Å². The molecular weight excluding hydrogens is 274 g/mol. The molecule has 0 fully saturated rings. The van der Waals surface area contributed by atoms with Crippen molar-refractivity contribution in [1.82, 2.24) is 10.3 Å². The number of oxazole rings is 1. The maximum absolute atomic E-state index is 11.5. The van der Waals surface area contributed by atoms with Crippen LogP contribution in [0.25, 0.3) is 11.1 Å². The van der Waals surface area contributed by atoms with Gasteiger partial charge >= 0.3 is 6.09 Å². The van der Waals surface area contributed by atoms with E-state index in [1.807, 2.05) is 20.8 Å². The molecule has 0 bridgehead atoms. The Hall–Kier alpha value is -2.31. The van der Waals surface area contributed by atoms with Crippen LogP contribution in [0.1, 0.15) is 26.7 Å². The molecule has 7 nitrogen and oxygen atoms in total. The van der Waals surface area contributed by atoms with Crippen LogP contribution in [0.4, 0.5) is 4.79 Å². The second kappa shape index (κ2) is 5.99. The number of ether oxygens (including phenoxy) is 1. The number of alkyl carbamates (subject to hydrolysis) is 1. The van der Waals surface area contributed by atoms with Crippen molar-refractivity contribution in [1.29, 1.82) is 0 Å². The molecule has 0 atom stereocenters. The van der Waals surface area contributed by atoms with Crippen LogP contribution in [-0.2, 0) is 11.2 Å². The minimum atomic E-state index is -0.504. The van der Waals surface area contributed by atoms with Gasteiger partial charge in [0.15, 0.2) is 17.0 Å². The zero-order valence-electron chi connectivity index (χ0n) is 12.7. The van der Waals surface area contributed by atoms with Crippen molar-refractivity contribution in [3.63, 3.8) is 0 Å². The first-order valence-electron chi connectivity index (χ1n) is 6.69. The first-order chi connectivity index (χ1) is 9.87. The summed E-state index contributed by atoms with van der Waals surface area (Å²) in [6.45, 7) is 5.85. The van der Waals surface area contributed by atoms with Crippen LogP contribution in [0.3, 0.4) is 0 Å². The zero-order valence-corrected chi connectivity index (χ0v) is 12.7. The Bertz CT molecular complexity index is 631. The van der Waals surface area contributed by atoms with E-state index in [0.29, 0.717) is 30.0 Å². The molecule has 1 amide bonds. The van der Waals surface area contributed by atoms with Crippen LogP contribution in [0.2, 0.25) is 0 Å². The van der Waals surface area contributed by atoms with Gasteiger partial charge in [-0.1, -0.05) is 0 Å². The van der Waals surface area contributed by atoms with Gasteiger partial charge in [0, 0.05) is 17.7 Å². The van der Waals surface area contributed by atoms with Crippen molar-refractivity contribution in [3.8, 4) is 0 Å². The Kier molecular flexibility index (Phi) is 4.30. The third-order valence-electron chi connectivity index (χ3n) is 2.57. The Balaban J connectivity index is 1.90. The molecule has 0 aromatic carbocycles. The van der Waals surface area contributed by atoms with E-state index in [2.05, 4.69) is 10.3 Å². The normalized spacial score (nSPS) is 11.4. The molecule has 21 heavy (non-hydrogen) atoms. The molecule has 0 aliphatic carbocycles. The van der Waals surface area contributed by atoms with Crippen LogP contribution in [0.15, 0.2) is 22.9 Å². The first-order valence-corrected chi connectivity index (χ1v) is 6.69. The van der Waals surface area contributed by atoms with E-state index >= 15 is 0 Å². The molecule has 0 unspecified atom stereocenters.